The van der Waals surface area contributed by atoms with Crippen LogP contribution < -0.4 is 0 Å². The zero-order chi connectivity index (χ0) is 24.6. The van der Waals surface area contributed by atoms with Crippen LogP contribution in [0.25, 0.3) is 0 Å². The van der Waals surface area contributed by atoms with Crippen LogP contribution in [-0.2, 0) is 23.9 Å². The molecule has 4 rings (SSSR count). The molecule has 0 aromatic heterocycles. The molecule has 3 saturated carbocycles. The maximum absolute atomic E-state index is 17.2. The lowest BCUT2D eigenvalue weighted by Gasteiger charge is -2.62. The van der Waals surface area contributed by atoms with Gasteiger partial charge in [0.1, 0.15) is 6.61 Å². The minimum atomic E-state index is -2.26. The summed E-state index contributed by atoms with van der Waals surface area (Å²) in [7, 11) is 0. The molecule has 2 unspecified atom stereocenters. The number of hydrogen-bond acceptors (Lipinski definition) is 7. The Balaban J connectivity index is 1.89. The number of ether oxygens (including phenoxy) is 1. The average molecular weight is 463 g/mol. The van der Waals surface area contributed by atoms with Gasteiger partial charge in [0.2, 0.25) is 5.78 Å². The number of aliphatic hydroxyl groups is 2. The van der Waals surface area contributed by atoms with Crippen molar-refractivity contribution < 1.29 is 38.5 Å². The molecule has 0 spiro atoms. The normalized spacial score (nSPS) is 46.2. The van der Waals surface area contributed by atoms with E-state index in [0.717, 1.165) is 6.08 Å². The average Bonchev–Trinajstić information content (AvgIpc) is 2.98. The quantitative estimate of drug-likeness (QED) is 0.614. The molecular formula is C25H31FO7. The molecule has 0 bridgehead atoms. The highest BCUT2D eigenvalue weighted by Gasteiger charge is 2.77. The lowest BCUT2D eigenvalue weighted by molar-refractivity contribution is -0.227. The SMILES string of the molecule is CCC(=O)O[C@]1(C(=O)CO)C(C)C[C@H]2[C@@H]3CC(=O)C4=CC(=O)C=C[C@]4(C)[C@@]3(F)C(O)C[C@@]21C. The van der Waals surface area contributed by atoms with E-state index in [1.807, 2.05) is 0 Å². The monoisotopic (exact) mass is 462 g/mol. The number of allylic oxidation sites excluding steroid dienone is 4. The minimum absolute atomic E-state index is 0.0104. The summed E-state index contributed by atoms with van der Waals surface area (Å²) in [6.45, 7) is 5.67. The molecule has 8 heteroatoms. The van der Waals surface area contributed by atoms with Gasteiger partial charge in [-0.05, 0) is 37.8 Å². The van der Waals surface area contributed by atoms with Crippen molar-refractivity contribution in [2.24, 2.45) is 28.6 Å². The van der Waals surface area contributed by atoms with Gasteiger partial charge in [0.15, 0.2) is 22.8 Å². The fourth-order valence-corrected chi connectivity index (χ4v) is 7.60. The van der Waals surface area contributed by atoms with E-state index in [0.29, 0.717) is 0 Å². The van der Waals surface area contributed by atoms with Crippen LogP contribution >= 0.6 is 0 Å². The molecule has 2 N–H and O–H groups in total. The van der Waals surface area contributed by atoms with Gasteiger partial charge < -0.3 is 14.9 Å². The number of Topliss-reactive ketones (excluding diaryl/α,β-unsaturated/α-hetero) is 2. The van der Waals surface area contributed by atoms with Crippen molar-refractivity contribution in [3.8, 4) is 0 Å². The smallest absolute Gasteiger partial charge is 0.306 e. The van der Waals surface area contributed by atoms with Crippen molar-refractivity contribution in [2.75, 3.05) is 6.61 Å². The molecule has 0 aliphatic heterocycles. The highest BCUT2D eigenvalue weighted by Crippen LogP contribution is 2.71. The summed E-state index contributed by atoms with van der Waals surface area (Å²) >= 11 is 0. The molecule has 33 heavy (non-hydrogen) atoms. The number of alkyl halides is 1. The van der Waals surface area contributed by atoms with Gasteiger partial charge in [-0.15, -0.1) is 0 Å². The maximum atomic E-state index is 17.2. The van der Waals surface area contributed by atoms with E-state index in [4.69, 9.17) is 4.74 Å². The van der Waals surface area contributed by atoms with Crippen LogP contribution in [0.5, 0.6) is 0 Å². The van der Waals surface area contributed by atoms with Gasteiger partial charge in [-0.2, -0.15) is 0 Å². The first kappa shape index (κ1) is 24.0. The fourth-order valence-electron chi connectivity index (χ4n) is 7.60. The van der Waals surface area contributed by atoms with E-state index < -0.39 is 70.1 Å². The van der Waals surface area contributed by atoms with Crippen molar-refractivity contribution >= 4 is 23.3 Å². The van der Waals surface area contributed by atoms with E-state index >= 15 is 4.39 Å². The number of ketones is 3. The van der Waals surface area contributed by atoms with Crippen LogP contribution in [0, 0.1) is 28.6 Å². The number of esters is 1. The predicted octanol–water partition coefficient (Wildman–Crippen LogP) is 2.04. The second kappa shape index (κ2) is 7.40. The molecule has 3 fully saturated rings. The first-order valence-electron chi connectivity index (χ1n) is 11.5. The van der Waals surface area contributed by atoms with E-state index in [1.54, 1.807) is 20.8 Å². The van der Waals surface area contributed by atoms with Crippen LogP contribution in [0.4, 0.5) is 4.39 Å². The zero-order valence-electron chi connectivity index (χ0n) is 19.4. The van der Waals surface area contributed by atoms with Crippen LogP contribution in [-0.4, -0.2) is 57.5 Å². The maximum Gasteiger partial charge on any atom is 0.306 e. The van der Waals surface area contributed by atoms with Crippen LogP contribution in [0.3, 0.4) is 0 Å². The predicted molar refractivity (Wildman–Crippen MR) is 114 cm³/mol. The third kappa shape index (κ3) is 2.74. The Bertz CT molecular complexity index is 1000. The fraction of sp³-hybridized carbons (Fsp3) is 0.680. The van der Waals surface area contributed by atoms with Crippen LogP contribution in [0.1, 0.15) is 53.4 Å². The molecule has 0 saturated heterocycles. The zero-order valence-corrected chi connectivity index (χ0v) is 19.4. The number of fused-ring (bicyclic) bond motifs is 5. The Morgan fingerprint density at radius 3 is 2.52 bits per heavy atom. The highest BCUT2D eigenvalue weighted by atomic mass is 19.1. The summed E-state index contributed by atoms with van der Waals surface area (Å²) in [6, 6.07) is 0. The molecule has 7 nitrogen and oxygen atoms in total. The first-order valence-corrected chi connectivity index (χ1v) is 11.5. The van der Waals surface area contributed by atoms with Gasteiger partial charge in [0, 0.05) is 35.7 Å². The Hall–Kier alpha value is -2.19. The standard InChI is InChI=1S/C25H31FO7/c1-5-21(32)33-25(20(31)12-27)13(2)8-15-16-10-18(29)17-9-14(28)6-7-22(17,3)24(16,26)19(30)11-23(15,25)4/h6-7,9,13,15-16,19,27,30H,5,8,10-12H2,1-4H3/t13?,15-,16-,19?,22-,23-,24-,25-/m0/s1. The molecule has 0 aromatic rings. The molecule has 4 aliphatic carbocycles. The molecule has 180 valence electrons. The number of halogens is 1. The highest BCUT2D eigenvalue weighted by molar-refractivity contribution is 6.10. The number of carbonyl (C=O) groups is 4. The number of rotatable bonds is 4. The Kier molecular flexibility index (Phi) is 5.37. The molecule has 0 amide bonds. The molecule has 8 atom stereocenters. The van der Waals surface area contributed by atoms with Gasteiger partial charge >= 0.3 is 5.97 Å². The second-order valence-electron chi connectivity index (χ2n) is 10.5. The lowest BCUT2D eigenvalue weighted by Crippen LogP contribution is -2.71. The van der Waals surface area contributed by atoms with Gasteiger partial charge in [0.05, 0.1) is 11.5 Å². The summed E-state index contributed by atoms with van der Waals surface area (Å²) in [6.07, 6.45) is 2.03. The van der Waals surface area contributed by atoms with Crippen molar-refractivity contribution in [3.05, 3.63) is 23.8 Å². The molecular weight excluding hydrogens is 431 g/mol. The number of aliphatic hydroxyl groups excluding tert-OH is 2. The summed E-state index contributed by atoms with van der Waals surface area (Å²) in [5.74, 6) is -4.17. The van der Waals surface area contributed by atoms with E-state index in [9.17, 15) is 29.4 Å². The lowest BCUT2D eigenvalue weighted by atomic mass is 9.44. The van der Waals surface area contributed by atoms with Gasteiger partial charge in [-0.3, -0.25) is 19.2 Å². The van der Waals surface area contributed by atoms with Gasteiger partial charge in [-0.1, -0.05) is 26.8 Å². The van der Waals surface area contributed by atoms with Crippen LogP contribution in [0.15, 0.2) is 23.8 Å². The Labute approximate surface area is 192 Å². The van der Waals surface area contributed by atoms with Gasteiger partial charge in [-0.25, -0.2) is 4.39 Å². The summed E-state index contributed by atoms with van der Waals surface area (Å²) in [4.78, 5) is 50.7. The van der Waals surface area contributed by atoms with E-state index in [-0.39, 0.29) is 37.0 Å². The van der Waals surface area contributed by atoms with E-state index in [1.165, 1.54) is 19.1 Å². The van der Waals surface area contributed by atoms with Crippen molar-refractivity contribution in [1.29, 1.82) is 0 Å². The summed E-state index contributed by atoms with van der Waals surface area (Å²) in [5.41, 5.74) is -6.64. The Morgan fingerprint density at radius 1 is 1.24 bits per heavy atom. The minimum Gasteiger partial charge on any atom is -0.450 e. The molecule has 0 aromatic carbocycles. The third-order valence-corrected chi connectivity index (χ3v) is 9.15. The van der Waals surface area contributed by atoms with Gasteiger partial charge in [0.25, 0.3) is 0 Å². The van der Waals surface area contributed by atoms with Crippen molar-refractivity contribution in [3.63, 3.8) is 0 Å². The topological polar surface area (TPSA) is 118 Å². The summed E-state index contributed by atoms with van der Waals surface area (Å²) < 4.78 is 23.0. The second-order valence-corrected chi connectivity index (χ2v) is 10.5. The van der Waals surface area contributed by atoms with E-state index in [2.05, 4.69) is 0 Å². The third-order valence-electron chi connectivity index (χ3n) is 9.15. The van der Waals surface area contributed by atoms with Crippen molar-refractivity contribution in [2.45, 2.75) is 70.8 Å². The summed E-state index contributed by atoms with van der Waals surface area (Å²) in [5, 5.41) is 21.1. The van der Waals surface area contributed by atoms with Crippen molar-refractivity contribution in [1.82, 2.24) is 0 Å². The number of hydrogen-bond donors (Lipinski definition) is 2. The molecule has 0 radical (unpaired) electrons. The largest absolute Gasteiger partial charge is 0.450 e. The Morgan fingerprint density at radius 2 is 1.91 bits per heavy atom. The van der Waals surface area contributed by atoms with Crippen LogP contribution in [0.2, 0.25) is 0 Å². The first-order chi connectivity index (χ1) is 15.3. The molecule has 0 heterocycles. The number of carbonyl (C=O) groups excluding carboxylic acids is 4. The molecule has 4 aliphatic rings.